The van der Waals surface area contributed by atoms with Crippen molar-refractivity contribution >= 4 is 5.84 Å². The van der Waals surface area contributed by atoms with Gasteiger partial charge in [0.15, 0.2) is 11.6 Å². The maximum Gasteiger partial charge on any atom is 0.159 e. The van der Waals surface area contributed by atoms with Crippen molar-refractivity contribution in [3.63, 3.8) is 0 Å². The maximum absolute atomic E-state index is 13.1. The van der Waals surface area contributed by atoms with Crippen molar-refractivity contribution in [3.8, 4) is 0 Å². The number of halogens is 2. The second kappa shape index (κ2) is 5.23. The zero-order chi connectivity index (χ0) is 12.3. The van der Waals surface area contributed by atoms with Crippen LogP contribution in [0.5, 0.6) is 0 Å². The number of benzene rings is 1. The number of hydrazine groups is 1. The molecular weight excluding hydrogens is 224 g/mol. The summed E-state index contributed by atoms with van der Waals surface area (Å²) >= 11 is 0. The molecule has 0 heterocycles. The average molecular weight is 239 g/mol. The first-order valence-corrected chi connectivity index (χ1v) is 5.70. The lowest BCUT2D eigenvalue weighted by molar-refractivity contribution is 0.508. The van der Waals surface area contributed by atoms with E-state index in [0.29, 0.717) is 11.4 Å². The Hall–Kier alpha value is -1.49. The van der Waals surface area contributed by atoms with Crippen molar-refractivity contribution in [2.45, 2.75) is 31.7 Å². The average Bonchev–Trinajstić information content (AvgIpc) is 2.82. The van der Waals surface area contributed by atoms with Crippen molar-refractivity contribution in [2.24, 2.45) is 10.8 Å². The van der Waals surface area contributed by atoms with E-state index in [1.807, 2.05) is 0 Å². The minimum absolute atomic E-state index is 0.231. The summed E-state index contributed by atoms with van der Waals surface area (Å²) in [5, 5.41) is 0. The van der Waals surface area contributed by atoms with Gasteiger partial charge in [-0.2, -0.15) is 0 Å². The van der Waals surface area contributed by atoms with Gasteiger partial charge in [0, 0.05) is 5.56 Å². The molecule has 1 aromatic carbocycles. The molecule has 1 aromatic rings. The van der Waals surface area contributed by atoms with Crippen LogP contribution in [0.25, 0.3) is 0 Å². The minimum Gasteiger partial charge on any atom is -0.308 e. The molecule has 0 bridgehead atoms. The van der Waals surface area contributed by atoms with Gasteiger partial charge in [0.25, 0.3) is 0 Å². The van der Waals surface area contributed by atoms with Crippen LogP contribution in [-0.4, -0.2) is 11.9 Å². The van der Waals surface area contributed by atoms with Crippen LogP contribution in [0.4, 0.5) is 8.78 Å². The Kier molecular flexibility index (Phi) is 3.68. The second-order valence-electron chi connectivity index (χ2n) is 4.19. The van der Waals surface area contributed by atoms with Crippen molar-refractivity contribution in [1.29, 1.82) is 0 Å². The van der Waals surface area contributed by atoms with Gasteiger partial charge in [-0.3, -0.25) is 4.99 Å². The summed E-state index contributed by atoms with van der Waals surface area (Å²) in [5.74, 6) is 4.03. The van der Waals surface area contributed by atoms with Gasteiger partial charge in [0.05, 0.1) is 6.04 Å². The van der Waals surface area contributed by atoms with E-state index in [-0.39, 0.29) is 6.04 Å². The van der Waals surface area contributed by atoms with Crippen LogP contribution in [0, 0.1) is 11.6 Å². The largest absolute Gasteiger partial charge is 0.308 e. The van der Waals surface area contributed by atoms with Gasteiger partial charge in [0.2, 0.25) is 0 Å². The summed E-state index contributed by atoms with van der Waals surface area (Å²) in [4.78, 5) is 4.43. The normalized spacial score (nSPS) is 17.5. The molecule has 1 aliphatic rings. The molecule has 0 amide bonds. The molecule has 3 N–H and O–H groups in total. The van der Waals surface area contributed by atoms with E-state index in [0.717, 1.165) is 37.8 Å². The van der Waals surface area contributed by atoms with Crippen LogP contribution < -0.4 is 11.3 Å². The molecule has 0 spiro atoms. The lowest BCUT2D eigenvalue weighted by Crippen LogP contribution is -2.32. The Morgan fingerprint density at radius 1 is 1.24 bits per heavy atom. The van der Waals surface area contributed by atoms with Crippen molar-refractivity contribution < 1.29 is 8.78 Å². The van der Waals surface area contributed by atoms with E-state index >= 15 is 0 Å². The molecule has 0 atom stereocenters. The van der Waals surface area contributed by atoms with Gasteiger partial charge in [-0.1, -0.05) is 12.8 Å². The lowest BCUT2D eigenvalue weighted by atomic mass is 10.2. The van der Waals surface area contributed by atoms with Crippen LogP contribution in [-0.2, 0) is 0 Å². The molecule has 1 aliphatic carbocycles. The summed E-state index contributed by atoms with van der Waals surface area (Å²) in [5.41, 5.74) is 2.92. The first-order valence-electron chi connectivity index (χ1n) is 5.70. The number of nitrogens with two attached hydrogens (primary N) is 1. The van der Waals surface area contributed by atoms with Crippen LogP contribution in [0.15, 0.2) is 23.2 Å². The van der Waals surface area contributed by atoms with E-state index in [1.165, 1.54) is 6.07 Å². The van der Waals surface area contributed by atoms with Crippen LogP contribution in [0.1, 0.15) is 31.2 Å². The van der Waals surface area contributed by atoms with Gasteiger partial charge in [-0.05, 0) is 31.0 Å². The number of nitrogens with one attached hydrogen (secondary N) is 1. The van der Waals surface area contributed by atoms with Crippen LogP contribution >= 0.6 is 0 Å². The summed E-state index contributed by atoms with van der Waals surface area (Å²) < 4.78 is 25.9. The maximum atomic E-state index is 13.1. The Labute approximate surface area is 98.7 Å². The van der Waals surface area contributed by atoms with E-state index in [2.05, 4.69) is 10.4 Å². The molecule has 0 aromatic heterocycles. The van der Waals surface area contributed by atoms with Gasteiger partial charge < -0.3 is 5.43 Å². The molecule has 0 unspecified atom stereocenters. The van der Waals surface area contributed by atoms with Gasteiger partial charge in [-0.25, -0.2) is 14.6 Å². The number of hydrogen-bond acceptors (Lipinski definition) is 2. The number of aliphatic imine (C=N–C) groups is 1. The summed E-state index contributed by atoms with van der Waals surface area (Å²) in [6, 6.07) is 3.87. The Bertz CT molecular complexity index is 426. The molecule has 92 valence electrons. The monoisotopic (exact) mass is 239 g/mol. The standard InChI is InChI=1S/C12H15F2N3/c13-10-6-5-8(7-11(10)14)12(17-15)16-9-3-1-2-4-9/h5-7,9H,1-4,15H2,(H,16,17). The second-order valence-corrected chi connectivity index (χ2v) is 4.19. The van der Waals surface area contributed by atoms with E-state index in [9.17, 15) is 8.78 Å². The predicted octanol–water partition coefficient (Wildman–Crippen LogP) is 2.12. The lowest BCUT2D eigenvalue weighted by Gasteiger charge is -2.09. The quantitative estimate of drug-likeness (QED) is 0.359. The first-order chi connectivity index (χ1) is 8.20. The molecule has 0 saturated heterocycles. The summed E-state index contributed by atoms with van der Waals surface area (Å²) in [6.07, 6.45) is 4.36. The molecule has 0 radical (unpaired) electrons. The zero-order valence-electron chi connectivity index (χ0n) is 9.42. The zero-order valence-corrected chi connectivity index (χ0v) is 9.42. The van der Waals surface area contributed by atoms with Crippen molar-refractivity contribution in [1.82, 2.24) is 5.43 Å². The highest BCUT2D eigenvalue weighted by Crippen LogP contribution is 2.21. The summed E-state index contributed by atoms with van der Waals surface area (Å²) in [6.45, 7) is 0. The SMILES string of the molecule is NNC(=NC1CCCC1)c1ccc(F)c(F)c1. The topological polar surface area (TPSA) is 50.4 Å². The number of rotatable bonds is 2. The highest BCUT2D eigenvalue weighted by molar-refractivity contribution is 5.98. The fraction of sp³-hybridized carbons (Fsp3) is 0.417. The van der Waals surface area contributed by atoms with E-state index < -0.39 is 11.6 Å². The number of hydrogen-bond donors (Lipinski definition) is 2. The van der Waals surface area contributed by atoms with Crippen molar-refractivity contribution in [3.05, 3.63) is 35.4 Å². The third-order valence-electron chi connectivity index (χ3n) is 2.97. The highest BCUT2D eigenvalue weighted by atomic mass is 19.2. The first kappa shape index (κ1) is 12.0. The molecule has 1 saturated carbocycles. The third-order valence-corrected chi connectivity index (χ3v) is 2.97. The predicted molar refractivity (Wildman–Crippen MR) is 62.5 cm³/mol. The van der Waals surface area contributed by atoms with Gasteiger partial charge in [0.1, 0.15) is 5.84 Å². The van der Waals surface area contributed by atoms with E-state index in [4.69, 9.17) is 5.84 Å². The molecule has 3 nitrogen and oxygen atoms in total. The fourth-order valence-electron chi connectivity index (χ4n) is 2.05. The third kappa shape index (κ3) is 2.79. The van der Waals surface area contributed by atoms with Crippen LogP contribution in [0.3, 0.4) is 0 Å². The molecule has 1 fully saturated rings. The number of nitrogens with zero attached hydrogens (tertiary/aromatic N) is 1. The Morgan fingerprint density at radius 2 is 1.94 bits per heavy atom. The molecule has 0 aliphatic heterocycles. The van der Waals surface area contributed by atoms with E-state index in [1.54, 1.807) is 0 Å². The summed E-state index contributed by atoms with van der Waals surface area (Å²) in [7, 11) is 0. The van der Waals surface area contributed by atoms with Crippen LogP contribution in [0.2, 0.25) is 0 Å². The number of amidine groups is 1. The molecule has 5 heteroatoms. The molecule has 17 heavy (non-hydrogen) atoms. The Morgan fingerprint density at radius 3 is 2.53 bits per heavy atom. The van der Waals surface area contributed by atoms with Crippen molar-refractivity contribution in [2.75, 3.05) is 0 Å². The molecular formula is C12H15F2N3. The Balaban J connectivity index is 2.24. The molecule has 2 rings (SSSR count). The van der Waals surface area contributed by atoms with Gasteiger partial charge in [-0.15, -0.1) is 0 Å². The highest BCUT2D eigenvalue weighted by Gasteiger charge is 2.15. The van der Waals surface area contributed by atoms with Gasteiger partial charge >= 0.3 is 0 Å². The minimum atomic E-state index is -0.892. The fourth-order valence-corrected chi connectivity index (χ4v) is 2.05. The smallest absolute Gasteiger partial charge is 0.159 e.